The molecule has 3 amide bonds. The number of primary amides is 1. The smallest absolute Gasteiger partial charge is 0.317 e. The van der Waals surface area contributed by atoms with Crippen LogP contribution in [0.1, 0.15) is 20.3 Å². The molecular formula is C9H19N3O2. The van der Waals surface area contributed by atoms with Gasteiger partial charge in [0.15, 0.2) is 0 Å². The van der Waals surface area contributed by atoms with Crippen LogP contribution in [0.2, 0.25) is 0 Å². The van der Waals surface area contributed by atoms with E-state index in [2.05, 4.69) is 5.32 Å². The highest BCUT2D eigenvalue weighted by Crippen LogP contribution is 2.09. The number of amides is 3. The lowest BCUT2D eigenvalue weighted by atomic mass is 10.0. The molecule has 0 aromatic carbocycles. The molecule has 3 N–H and O–H groups in total. The average Bonchev–Trinajstić information content (AvgIpc) is 2.11. The third-order valence-corrected chi connectivity index (χ3v) is 2.02. The molecule has 5 heteroatoms. The lowest BCUT2D eigenvalue weighted by Gasteiger charge is -2.26. The van der Waals surface area contributed by atoms with E-state index in [1.807, 2.05) is 13.8 Å². The summed E-state index contributed by atoms with van der Waals surface area (Å²) >= 11 is 0. The average molecular weight is 201 g/mol. The Bertz CT molecular complexity index is 216. The topological polar surface area (TPSA) is 75.4 Å². The largest absolute Gasteiger partial charge is 0.368 e. The molecule has 0 saturated heterocycles. The normalized spacial score (nSPS) is 12.4. The number of carbonyl (C=O) groups is 2. The molecule has 0 saturated carbocycles. The van der Waals surface area contributed by atoms with Gasteiger partial charge in [-0.3, -0.25) is 4.79 Å². The number of nitrogens with zero attached hydrogens (tertiary/aromatic N) is 1. The minimum Gasteiger partial charge on any atom is -0.368 e. The summed E-state index contributed by atoms with van der Waals surface area (Å²) in [5.74, 6) is -0.149. The van der Waals surface area contributed by atoms with Crippen LogP contribution in [0.15, 0.2) is 0 Å². The second-order valence-corrected chi connectivity index (χ2v) is 3.71. The van der Waals surface area contributed by atoms with Gasteiger partial charge < -0.3 is 16.0 Å². The van der Waals surface area contributed by atoms with Gasteiger partial charge in [0.05, 0.1) is 0 Å². The van der Waals surface area contributed by atoms with Crippen LogP contribution < -0.4 is 11.1 Å². The van der Waals surface area contributed by atoms with Crippen molar-refractivity contribution in [1.29, 1.82) is 0 Å². The van der Waals surface area contributed by atoms with Crippen molar-refractivity contribution in [3.63, 3.8) is 0 Å². The van der Waals surface area contributed by atoms with Gasteiger partial charge in [0.1, 0.15) is 6.04 Å². The number of rotatable bonds is 4. The predicted molar refractivity (Wildman–Crippen MR) is 54.7 cm³/mol. The van der Waals surface area contributed by atoms with Crippen molar-refractivity contribution in [2.24, 2.45) is 11.7 Å². The fraction of sp³-hybridized carbons (Fsp3) is 0.778. The molecule has 0 rings (SSSR count). The zero-order valence-electron chi connectivity index (χ0n) is 9.20. The van der Waals surface area contributed by atoms with Crippen LogP contribution in [-0.2, 0) is 4.79 Å². The van der Waals surface area contributed by atoms with E-state index in [-0.39, 0.29) is 6.03 Å². The Balaban J connectivity index is 4.48. The first-order valence-corrected chi connectivity index (χ1v) is 4.64. The molecular weight excluding hydrogens is 182 g/mol. The van der Waals surface area contributed by atoms with E-state index in [4.69, 9.17) is 5.73 Å². The first-order valence-electron chi connectivity index (χ1n) is 4.64. The first kappa shape index (κ1) is 12.7. The van der Waals surface area contributed by atoms with Gasteiger partial charge in [-0.05, 0) is 12.3 Å². The third kappa shape index (κ3) is 3.64. The number of hydrogen-bond acceptors (Lipinski definition) is 2. The molecule has 0 aliphatic rings. The maximum atomic E-state index is 11.2. The fourth-order valence-electron chi connectivity index (χ4n) is 1.23. The number of likely N-dealkylation sites (N-methyl/N-ethyl adjacent to an activating group) is 1. The zero-order valence-corrected chi connectivity index (χ0v) is 9.20. The molecule has 82 valence electrons. The third-order valence-electron chi connectivity index (χ3n) is 2.02. The van der Waals surface area contributed by atoms with E-state index in [1.165, 1.54) is 11.9 Å². The molecule has 14 heavy (non-hydrogen) atoms. The van der Waals surface area contributed by atoms with Crippen LogP contribution in [0, 0.1) is 5.92 Å². The van der Waals surface area contributed by atoms with E-state index >= 15 is 0 Å². The maximum absolute atomic E-state index is 11.2. The Kier molecular flexibility index (Phi) is 4.97. The molecule has 0 fully saturated rings. The SMILES string of the molecule is CNC(=O)N(C)[C@@H](CC(C)C)C(N)=O. The molecule has 0 bridgehead atoms. The van der Waals surface area contributed by atoms with E-state index in [0.717, 1.165) is 0 Å². The highest BCUT2D eigenvalue weighted by Gasteiger charge is 2.24. The Morgan fingerprint density at radius 2 is 1.93 bits per heavy atom. The summed E-state index contributed by atoms with van der Waals surface area (Å²) in [5, 5.41) is 2.45. The highest BCUT2D eigenvalue weighted by atomic mass is 16.2. The number of nitrogens with two attached hydrogens (primary N) is 1. The van der Waals surface area contributed by atoms with Crippen molar-refractivity contribution in [1.82, 2.24) is 10.2 Å². The van der Waals surface area contributed by atoms with Crippen LogP contribution in [0.4, 0.5) is 4.79 Å². The van der Waals surface area contributed by atoms with Crippen molar-refractivity contribution >= 4 is 11.9 Å². The highest BCUT2D eigenvalue weighted by molar-refractivity contribution is 5.85. The summed E-state index contributed by atoms with van der Waals surface area (Å²) < 4.78 is 0. The van der Waals surface area contributed by atoms with Gasteiger partial charge in [0.25, 0.3) is 0 Å². The number of nitrogens with one attached hydrogen (secondary N) is 1. The molecule has 0 aliphatic carbocycles. The summed E-state index contributed by atoms with van der Waals surface area (Å²) in [6, 6.07) is -0.829. The van der Waals surface area contributed by atoms with E-state index in [9.17, 15) is 9.59 Å². The first-order chi connectivity index (χ1) is 6.40. The van der Waals surface area contributed by atoms with Crippen molar-refractivity contribution < 1.29 is 9.59 Å². The summed E-state index contributed by atoms with van der Waals surface area (Å²) in [6.45, 7) is 3.96. The quantitative estimate of drug-likeness (QED) is 0.679. The number of hydrogen-bond donors (Lipinski definition) is 2. The summed E-state index contributed by atoms with van der Waals surface area (Å²) in [6.07, 6.45) is 0.583. The van der Waals surface area contributed by atoms with Crippen LogP contribution >= 0.6 is 0 Å². The second kappa shape index (κ2) is 5.47. The Morgan fingerprint density at radius 3 is 2.21 bits per heavy atom. The monoisotopic (exact) mass is 201 g/mol. The van der Waals surface area contributed by atoms with Gasteiger partial charge in [0.2, 0.25) is 5.91 Å². The van der Waals surface area contributed by atoms with Gasteiger partial charge in [-0.15, -0.1) is 0 Å². The Hall–Kier alpha value is -1.26. The predicted octanol–water partition coefficient (Wildman–Crippen LogP) is 0.158. The molecule has 0 heterocycles. The lowest BCUT2D eigenvalue weighted by molar-refractivity contribution is -0.122. The minimum absolute atomic E-state index is 0.297. The molecule has 0 radical (unpaired) electrons. The maximum Gasteiger partial charge on any atom is 0.317 e. The van der Waals surface area contributed by atoms with Crippen molar-refractivity contribution in [3.05, 3.63) is 0 Å². The lowest BCUT2D eigenvalue weighted by Crippen LogP contribution is -2.49. The van der Waals surface area contributed by atoms with E-state index in [0.29, 0.717) is 12.3 Å². The van der Waals surface area contributed by atoms with Crippen molar-refractivity contribution in [2.45, 2.75) is 26.3 Å². The van der Waals surface area contributed by atoms with Gasteiger partial charge in [-0.25, -0.2) is 4.79 Å². The molecule has 0 aromatic heterocycles. The molecule has 0 aromatic rings. The van der Waals surface area contributed by atoms with Crippen molar-refractivity contribution in [2.75, 3.05) is 14.1 Å². The fourth-order valence-corrected chi connectivity index (χ4v) is 1.23. The van der Waals surface area contributed by atoms with Crippen LogP contribution in [-0.4, -0.2) is 37.0 Å². The summed E-state index contributed by atoms with van der Waals surface area (Å²) in [7, 11) is 3.09. The van der Waals surface area contributed by atoms with Crippen LogP contribution in [0.25, 0.3) is 0 Å². The molecule has 1 atom stereocenters. The number of carbonyl (C=O) groups excluding carboxylic acids is 2. The Labute approximate surface area is 84.6 Å². The number of urea groups is 1. The zero-order chi connectivity index (χ0) is 11.3. The molecule has 0 spiro atoms. The molecule has 0 aliphatic heterocycles. The van der Waals surface area contributed by atoms with Gasteiger partial charge >= 0.3 is 6.03 Å². The standard InChI is InChI=1S/C9H19N3O2/c1-6(2)5-7(8(10)13)12(4)9(14)11-3/h6-7H,5H2,1-4H3,(H2,10,13)(H,11,14)/t7-/m0/s1. The minimum atomic E-state index is -0.532. The van der Waals surface area contributed by atoms with Gasteiger partial charge in [-0.1, -0.05) is 13.8 Å². The summed E-state index contributed by atoms with van der Waals surface area (Å²) in [5.41, 5.74) is 5.22. The summed E-state index contributed by atoms with van der Waals surface area (Å²) in [4.78, 5) is 23.7. The Morgan fingerprint density at radius 1 is 1.43 bits per heavy atom. The molecule has 5 nitrogen and oxygen atoms in total. The van der Waals surface area contributed by atoms with Crippen LogP contribution in [0.3, 0.4) is 0 Å². The van der Waals surface area contributed by atoms with Gasteiger partial charge in [-0.2, -0.15) is 0 Å². The molecule has 0 unspecified atom stereocenters. The van der Waals surface area contributed by atoms with Crippen LogP contribution in [0.5, 0.6) is 0 Å². The van der Waals surface area contributed by atoms with E-state index in [1.54, 1.807) is 7.05 Å². The van der Waals surface area contributed by atoms with Gasteiger partial charge in [0, 0.05) is 14.1 Å². The van der Waals surface area contributed by atoms with Crippen molar-refractivity contribution in [3.8, 4) is 0 Å². The van der Waals surface area contributed by atoms with E-state index < -0.39 is 11.9 Å². The second-order valence-electron chi connectivity index (χ2n) is 3.71.